The number of nitrogen functional groups attached to an aromatic ring is 1. The van der Waals surface area contributed by atoms with Crippen LogP contribution in [-0.2, 0) is 19.8 Å². The first-order valence-electron chi connectivity index (χ1n) is 12.3. The number of hydrogen-bond donors (Lipinski definition) is 3. The quantitative estimate of drug-likeness (QED) is 0.501. The number of aliphatic hydroxyl groups is 2. The minimum absolute atomic E-state index is 0.0256. The van der Waals surface area contributed by atoms with E-state index in [1.54, 1.807) is 6.07 Å². The van der Waals surface area contributed by atoms with Crippen molar-refractivity contribution in [3.63, 3.8) is 0 Å². The summed E-state index contributed by atoms with van der Waals surface area (Å²) in [7, 11) is 0. The van der Waals surface area contributed by atoms with Crippen molar-refractivity contribution in [2.75, 3.05) is 12.3 Å². The van der Waals surface area contributed by atoms with Gasteiger partial charge in [0.05, 0.1) is 5.69 Å². The van der Waals surface area contributed by atoms with Gasteiger partial charge in [-0.1, -0.05) is 41.0 Å². The normalized spacial score (nSPS) is 35.6. The number of nitrogens with zero attached hydrogens (tertiary/aromatic N) is 4. The Bertz CT molecular complexity index is 1180. The summed E-state index contributed by atoms with van der Waals surface area (Å²) in [5.74, 6) is 0.535. The first-order chi connectivity index (χ1) is 16.9. The number of aliphatic hydroxyl groups excluding tert-OH is 2. The number of nitrogens with two attached hydrogens (primary N) is 1. The fraction of sp³-hybridized carbons (Fsp3) is 0.680. The van der Waals surface area contributed by atoms with Gasteiger partial charge in [0.2, 0.25) is 5.60 Å². The summed E-state index contributed by atoms with van der Waals surface area (Å²) in [4.78, 5) is 16.6. The van der Waals surface area contributed by atoms with E-state index in [4.69, 9.17) is 19.9 Å². The molecule has 11 nitrogen and oxygen atoms in total. The number of ether oxygens (including phenoxy) is 3. The van der Waals surface area contributed by atoms with Crippen LogP contribution in [-0.4, -0.2) is 62.0 Å². The summed E-state index contributed by atoms with van der Waals surface area (Å²) in [6.45, 7) is 10.4. The average Bonchev–Trinajstić information content (AvgIpc) is 3.42. The SMILES string of the molecule is CCC[C@@]1(C)[C@@H](OC(=O)OC[C@H]2O[C@@](C#N)(c3ccc4c(N)ncnn34)[C@H](O)[C@@H]2O)CC(C)C1(C)C. The Balaban J connectivity index is 1.48. The molecule has 36 heavy (non-hydrogen) atoms. The van der Waals surface area contributed by atoms with Crippen LogP contribution in [0.25, 0.3) is 5.52 Å². The molecular weight excluding hydrogens is 466 g/mol. The highest BCUT2D eigenvalue weighted by atomic mass is 16.7. The Morgan fingerprint density at radius 3 is 2.75 bits per heavy atom. The lowest BCUT2D eigenvalue weighted by atomic mass is 9.63. The molecule has 1 saturated heterocycles. The van der Waals surface area contributed by atoms with Gasteiger partial charge in [0.25, 0.3) is 0 Å². The number of anilines is 1. The molecule has 2 aromatic heterocycles. The molecule has 1 unspecified atom stereocenters. The van der Waals surface area contributed by atoms with Gasteiger partial charge < -0.3 is 30.2 Å². The van der Waals surface area contributed by atoms with Gasteiger partial charge in [-0.2, -0.15) is 10.4 Å². The van der Waals surface area contributed by atoms with Crippen molar-refractivity contribution in [2.45, 2.75) is 83.9 Å². The van der Waals surface area contributed by atoms with Crippen molar-refractivity contribution in [1.29, 1.82) is 5.26 Å². The van der Waals surface area contributed by atoms with Crippen LogP contribution in [0.2, 0.25) is 0 Å². The van der Waals surface area contributed by atoms with Crippen molar-refractivity contribution >= 4 is 17.5 Å². The second kappa shape index (κ2) is 9.18. The lowest BCUT2D eigenvalue weighted by Crippen LogP contribution is -2.42. The molecule has 0 bridgehead atoms. The van der Waals surface area contributed by atoms with Gasteiger partial charge in [-0.05, 0) is 36.3 Å². The fourth-order valence-electron chi connectivity index (χ4n) is 5.88. The van der Waals surface area contributed by atoms with Crippen molar-refractivity contribution in [1.82, 2.24) is 14.6 Å². The van der Waals surface area contributed by atoms with E-state index in [9.17, 15) is 20.3 Å². The molecule has 3 heterocycles. The van der Waals surface area contributed by atoms with Gasteiger partial charge in [-0.3, -0.25) is 0 Å². The van der Waals surface area contributed by atoms with E-state index in [2.05, 4.69) is 44.7 Å². The van der Waals surface area contributed by atoms with E-state index in [1.807, 2.05) is 6.07 Å². The van der Waals surface area contributed by atoms with Crippen LogP contribution in [0, 0.1) is 28.1 Å². The van der Waals surface area contributed by atoms with E-state index in [-0.39, 0.29) is 28.4 Å². The summed E-state index contributed by atoms with van der Waals surface area (Å²) in [6, 6.07) is 5.07. The molecule has 2 fully saturated rings. The van der Waals surface area contributed by atoms with Gasteiger partial charge in [0.1, 0.15) is 48.9 Å². The maximum Gasteiger partial charge on any atom is 0.508 e. The first-order valence-corrected chi connectivity index (χ1v) is 12.3. The Morgan fingerprint density at radius 1 is 1.36 bits per heavy atom. The maximum atomic E-state index is 12.7. The lowest BCUT2D eigenvalue weighted by molar-refractivity contribution is -0.0845. The molecule has 1 saturated carbocycles. The molecule has 0 amide bonds. The Labute approximate surface area is 210 Å². The summed E-state index contributed by atoms with van der Waals surface area (Å²) >= 11 is 0. The van der Waals surface area contributed by atoms with Crippen LogP contribution in [0.3, 0.4) is 0 Å². The molecule has 7 atom stereocenters. The van der Waals surface area contributed by atoms with E-state index >= 15 is 0 Å². The summed E-state index contributed by atoms with van der Waals surface area (Å²) in [6.07, 6.45) is -1.69. The highest BCUT2D eigenvalue weighted by Crippen LogP contribution is 2.59. The summed E-state index contributed by atoms with van der Waals surface area (Å²) in [5, 5.41) is 35.6. The molecule has 1 aliphatic heterocycles. The zero-order valence-electron chi connectivity index (χ0n) is 21.3. The molecule has 0 aromatic carbocycles. The number of carbonyl (C=O) groups is 1. The van der Waals surface area contributed by atoms with E-state index < -0.39 is 36.7 Å². The molecule has 4 rings (SSSR count). The predicted octanol–water partition coefficient (Wildman–Crippen LogP) is 2.55. The molecular formula is C25H35N5O6. The van der Waals surface area contributed by atoms with E-state index in [0.29, 0.717) is 11.4 Å². The molecule has 0 radical (unpaired) electrons. The third-order valence-electron chi connectivity index (χ3n) is 8.84. The minimum atomic E-state index is -1.96. The van der Waals surface area contributed by atoms with Gasteiger partial charge in [0.15, 0.2) is 5.82 Å². The highest BCUT2D eigenvalue weighted by molar-refractivity contribution is 5.66. The average molecular weight is 502 g/mol. The van der Waals surface area contributed by atoms with E-state index in [0.717, 1.165) is 19.3 Å². The molecule has 11 heteroatoms. The summed E-state index contributed by atoms with van der Waals surface area (Å²) in [5.41, 5.74) is 4.26. The minimum Gasteiger partial charge on any atom is -0.431 e. The molecule has 196 valence electrons. The second-order valence-electron chi connectivity index (χ2n) is 10.8. The molecule has 2 aliphatic rings. The van der Waals surface area contributed by atoms with Crippen LogP contribution < -0.4 is 5.73 Å². The van der Waals surface area contributed by atoms with E-state index in [1.165, 1.54) is 16.9 Å². The van der Waals surface area contributed by atoms with Crippen molar-refractivity contribution in [3.8, 4) is 6.07 Å². The second-order valence-corrected chi connectivity index (χ2v) is 10.8. The van der Waals surface area contributed by atoms with Gasteiger partial charge in [-0.25, -0.2) is 14.3 Å². The van der Waals surface area contributed by atoms with Crippen molar-refractivity contribution < 1.29 is 29.2 Å². The fourth-order valence-corrected chi connectivity index (χ4v) is 5.88. The lowest BCUT2D eigenvalue weighted by Gasteiger charge is -2.43. The molecule has 2 aromatic rings. The molecule has 0 spiro atoms. The smallest absolute Gasteiger partial charge is 0.431 e. The number of hydrogen-bond acceptors (Lipinski definition) is 10. The summed E-state index contributed by atoms with van der Waals surface area (Å²) < 4.78 is 18.3. The van der Waals surface area contributed by atoms with Crippen molar-refractivity contribution in [3.05, 3.63) is 24.2 Å². The Kier molecular flexibility index (Phi) is 6.66. The Morgan fingerprint density at radius 2 is 2.08 bits per heavy atom. The van der Waals surface area contributed by atoms with Gasteiger partial charge in [-0.15, -0.1) is 0 Å². The maximum absolute atomic E-state index is 12.7. The first kappa shape index (κ1) is 26.1. The van der Waals surface area contributed by atoms with Crippen LogP contribution in [0.1, 0.15) is 59.6 Å². The molecule has 1 aliphatic carbocycles. The molecule has 4 N–H and O–H groups in total. The van der Waals surface area contributed by atoms with Gasteiger partial charge >= 0.3 is 6.16 Å². The number of nitriles is 1. The van der Waals surface area contributed by atoms with Crippen LogP contribution >= 0.6 is 0 Å². The zero-order valence-corrected chi connectivity index (χ0v) is 21.3. The standard InChI is InChI=1S/C25H35N5O6/c1-6-9-24(5)18(10-14(2)23(24,3)4)35-22(33)34-11-16-19(31)20(32)25(12-26,36-16)17-8-7-15-21(27)28-13-29-30(15)17/h7-8,13-14,16,18-20,31-32H,6,9-11H2,1-5H3,(H2,27,28,29)/t14?,16-,18+,19-,20-,24+,25+/m1/s1. The number of fused-ring (bicyclic) bond motifs is 1. The van der Waals surface area contributed by atoms with Crippen molar-refractivity contribution in [2.24, 2.45) is 16.7 Å². The predicted molar refractivity (Wildman–Crippen MR) is 128 cm³/mol. The largest absolute Gasteiger partial charge is 0.508 e. The number of rotatable bonds is 6. The van der Waals surface area contributed by atoms with Gasteiger partial charge in [0, 0.05) is 5.41 Å². The zero-order chi connectivity index (χ0) is 26.5. The van der Waals surface area contributed by atoms with Crippen LogP contribution in [0.15, 0.2) is 18.5 Å². The third kappa shape index (κ3) is 3.79. The highest BCUT2D eigenvalue weighted by Gasteiger charge is 2.59. The topological polar surface area (TPSA) is 165 Å². The Hall–Kier alpha value is -2.94. The third-order valence-corrected chi connectivity index (χ3v) is 8.84. The van der Waals surface area contributed by atoms with Crippen LogP contribution in [0.5, 0.6) is 0 Å². The number of aromatic nitrogens is 3. The van der Waals surface area contributed by atoms with Crippen LogP contribution in [0.4, 0.5) is 10.6 Å². The number of carbonyl (C=O) groups excluding carboxylic acids is 1. The monoisotopic (exact) mass is 501 g/mol.